The Morgan fingerprint density at radius 1 is 1.43 bits per heavy atom. The number of hydrogen-bond acceptors (Lipinski definition) is 4. The number of amides is 1. The largest absolute Gasteiger partial charge is 0.332 e. The van der Waals surface area contributed by atoms with Crippen LogP contribution in [-0.4, -0.2) is 33.8 Å². The van der Waals surface area contributed by atoms with Crippen LogP contribution in [0.1, 0.15) is 37.2 Å². The molecule has 21 heavy (non-hydrogen) atoms. The Morgan fingerprint density at radius 2 is 2.24 bits per heavy atom. The minimum absolute atomic E-state index is 0.0278. The number of carbonyl (C=O) groups is 1. The van der Waals surface area contributed by atoms with Gasteiger partial charge in [-0.1, -0.05) is 12.1 Å². The maximum absolute atomic E-state index is 12.6. The molecule has 3 rings (SSSR count). The summed E-state index contributed by atoms with van der Waals surface area (Å²) >= 11 is 3.35. The Bertz CT molecular complexity index is 607. The van der Waals surface area contributed by atoms with Gasteiger partial charge in [0, 0.05) is 6.54 Å². The lowest BCUT2D eigenvalue weighted by atomic mass is 10.0. The Hall–Kier alpha value is -1.07. The van der Waals surface area contributed by atoms with Crippen LogP contribution in [0.4, 0.5) is 0 Å². The van der Waals surface area contributed by atoms with Crippen LogP contribution in [0.3, 0.4) is 0 Å². The van der Waals surface area contributed by atoms with Crippen LogP contribution < -0.4 is 0 Å². The third-order valence-corrected chi connectivity index (χ3v) is 6.13. The number of thioether (sulfide) groups is 1. The van der Waals surface area contributed by atoms with Gasteiger partial charge in [0.1, 0.15) is 5.01 Å². The fraction of sp³-hybridized carbons (Fsp3) is 0.500. The number of piperidine rings is 1. The van der Waals surface area contributed by atoms with Crippen LogP contribution in [-0.2, 0) is 4.79 Å². The summed E-state index contributed by atoms with van der Waals surface area (Å²) in [5.41, 5.74) is 1.05. The Balaban J connectivity index is 1.91. The van der Waals surface area contributed by atoms with E-state index in [-0.39, 0.29) is 17.2 Å². The summed E-state index contributed by atoms with van der Waals surface area (Å²) in [6, 6.07) is 8.39. The zero-order valence-corrected chi connectivity index (χ0v) is 14.0. The van der Waals surface area contributed by atoms with Crippen LogP contribution in [0.5, 0.6) is 0 Å². The maximum Gasteiger partial charge on any atom is 0.235 e. The fourth-order valence-electron chi connectivity index (χ4n) is 2.82. The van der Waals surface area contributed by atoms with Crippen LogP contribution in [0, 0.1) is 0 Å². The van der Waals surface area contributed by atoms with Crippen LogP contribution in [0.25, 0.3) is 10.2 Å². The third-order valence-electron chi connectivity index (χ3n) is 4.08. The normalized spacial score (nSPS) is 20.7. The molecule has 0 aliphatic carbocycles. The van der Waals surface area contributed by atoms with E-state index < -0.39 is 0 Å². The smallest absolute Gasteiger partial charge is 0.235 e. The van der Waals surface area contributed by atoms with Crippen molar-refractivity contribution in [1.29, 1.82) is 0 Å². The summed E-state index contributed by atoms with van der Waals surface area (Å²) in [7, 11) is 0. The molecule has 112 valence electrons. The first kappa shape index (κ1) is 14.9. The number of carbonyl (C=O) groups excluding carboxylic acids is 1. The maximum atomic E-state index is 12.6. The van der Waals surface area contributed by atoms with Crippen molar-refractivity contribution >= 4 is 39.2 Å². The molecule has 1 saturated heterocycles. The van der Waals surface area contributed by atoms with Gasteiger partial charge < -0.3 is 4.90 Å². The molecule has 0 radical (unpaired) electrons. The summed E-state index contributed by atoms with van der Waals surface area (Å²) in [6.07, 6.45) is 5.32. The molecule has 2 aromatic rings. The number of nitrogens with zero attached hydrogens (tertiary/aromatic N) is 2. The number of likely N-dealkylation sites (tertiary alicyclic amines) is 1. The number of hydrogen-bond donors (Lipinski definition) is 0. The van der Waals surface area contributed by atoms with E-state index in [9.17, 15) is 4.79 Å². The van der Waals surface area contributed by atoms with E-state index in [1.54, 1.807) is 23.1 Å². The predicted molar refractivity (Wildman–Crippen MR) is 90.9 cm³/mol. The number of benzene rings is 1. The molecule has 5 heteroatoms. The van der Waals surface area contributed by atoms with Gasteiger partial charge in [0.05, 0.1) is 21.5 Å². The summed E-state index contributed by atoms with van der Waals surface area (Å²) in [5, 5.41) is 1.12. The van der Waals surface area contributed by atoms with Crippen molar-refractivity contribution in [3.05, 3.63) is 29.3 Å². The number of thiazole rings is 1. The van der Waals surface area contributed by atoms with Crippen molar-refractivity contribution in [2.45, 2.75) is 37.5 Å². The van der Waals surface area contributed by atoms with Crippen molar-refractivity contribution in [3.8, 4) is 0 Å². The van der Waals surface area contributed by atoms with Gasteiger partial charge in [-0.25, -0.2) is 4.98 Å². The van der Waals surface area contributed by atoms with Gasteiger partial charge in [-0.05, 0) is 44.6 Å². The van der Waals surface area contributed by atoms with Crippen LogP contribution in [0.15, 0.2) is 24.3 Å². The molecule has 2 heterocycles. The molecule has 1 fully saturated rings. The third kappa shape index (κ3) is 2.94. The van der Waals surface area contributed by atoms with Gasteiger partial charge in [0.15, 0.2) is 0 Å². The Morgan fingerprint density at radius 3 is 3.00 bits per heavy atom. The standard InChI is InChI=1S/C16H20N2OS2/c1-11(20-2)16(19)18-10-6-5-8-13(18)15-17-12-7-3-4-9-14(12)21-15/h3-4,7,9,11,13H,5-6,8,10H2,1-2H3/t11-,13+/m0/s1. The zero-order valence-electron chi connectivity index (χ0n) is 12.4. The molecule has 3 nitrogen and oxygen atoms in total. The first-order valence-corrected chi connectivity index (χ1v) is 9.50. The summed E-state index contributed by atoms with van der Waals surface area (Å²) in [5.74, 6) is 0.256. The monoisotopic (exact) mass is 320 g/mol. The second-order valence-corrected chi connectivity index (χ2v) is 7.68. The number of rotatable bonds is 3. The zero-order chi connectivity index (χ0) is 14.8. The molecule has 0 spiro atoms. The number of para-hydroxylation sites is 1. The van der Waals surface area contributed by atoms with Gasteiger partial charge in [0.2, 0.25) is 5.91 Å². The van der Waals surface area contributed by atoms with Crippen molar-refractivity contribution < 1.29 is 4.79 Å². The topological polar surface area (TPSA) is 33.2 Å². The van der Waals surface area contributed by atoms with Gasteiger partial charge in [0.25, 0.3) is 0 Å². The summed E-state index contributed by atoms with van der Waals surface area (Å²) in [4.78, 5) is 19.4. The highest BCUT2D eigenvalue weighted by Gasteiger charge is 2.32. The first-order valence-electron chi connectivity index (χ1n) is 7.39. The molecule has 0 bridgehead atoms. The highest BCUT2D eigenvalue weighted by molar-refractivity contribution is 7.99. The number of aromatic nitrogens is 1. The molecule has 1 aromatic carbocycles. The van der Waals surface area contributed by atoms with E-state index in [4.69, 9.17) is 4.98 Å². The molecule has 2 atom stereocenters. The minimum Gasteiger partial charge on any atom is -0.332 e. The molecule has 0 N–H and O–H groups in total. The second-order valence-electron chi connectivity index (χ2n) is 5.44. The van der Waals surface area contributed by atoms with Crippen molar-refractivity contribution in [2.24, 2.45) is 0 Å². The van der Waals surface area contributed by atoms with Crippen LogP contribution >= 0.6 is 23.1 Å². The van der Waals surface area contributed by atoms with Crippen molar-refractivity contribution in [3.63, 3.8) is 0 Å². The second kappa shape index (κ2) is 6.36. The fourth-order valence-corrected chi connectivity index (χ4v) is 4.27. The van der Waals surface area contributed by atoms with E-state index in [1.807, 2.05) is 25.3 Å². The van der Waals surface area contributed by atoms with E-state index in [0.717, 1.165) is 29.9 Å². The average molecular weight is 320 g/mol. The SMILES string of the molecule is CS[C@@H](C)C(=O)N1CCCC[C@@H]1c1nc2ccccc2s1. The molecule has 1 aliphatic heterocycles. The quantitative estimate of drug-likeness (QED) is 0.853. The Labute approximate surface area is 133 Å². The predicted octanol–water partition coefficient (Wildman–Crippen LogP) is 4.10. The molecular weight excluding hydrogens is 300 g/mol. The van der Waals surface area contributed by atoms with E-state index in [2.05, 4.69) is 17.0 Å². The molecule has 0 saturated carbocycles. The van der Waals surface area contributed by atoms with Gasteiger partial charge in [-0.3, -0.25) is 4.79 Å². The van der Waals surface area contributed by atoms with Crippen molar-refractivity contribution in [1.82, 2.24) is 9.88 Å². The average Bonchev–Trinajstić information content (AvgIpc) is 2.97. The van der Waals surface area contributed by atoms with Gasteiger partial charge >= 0.3 is 0 Å². The molecule has 1 amide bonds. The molecular formula is C16H20N2OS2. The van der Waals surface area contributed by atoms with E-state index in [1.165, 1.54) is 11.1 Å². The van der Waals surface area contributed by atoms with E-state index >= 15 is 0 Å². The highest BCUT2D eigenvalue weighted by Crippen LogP contribution is 2.36. The van der Waals surface area contributed by atoms with Crippen molar-refractivity contribution in [2.75, 3.05) is 12.8 Å². The lowest BCUT2D eigenvalue weighted by Crippen LogP contribution is -2.42. The minimum atomic E-state index is 0.0278. The van der Waals surface area contributed by atoms with Gasteiger partial charge in [-0.15, -0.1) is 11.3 Å². The Kier molecular flexibility index (Phi) is 4.50. The summed E-state index contributed by atoms with van der Waals surface area (Å²) in [6.45, 7) is 2.86. The molecule has 1 aliphatic rings. The molecule has 1 aromatic heterocycles. The summed E-state index contributed by atoms with van der Waals surface area (Å²) < 4.78 is 1.21. The number of fused-ring (bicyclic) bond motifs is 1. The lowest BCUT2D eigenvalue weighted by Gasteiger charge is -2.35. The van der Waals surface area contributed by atoms with E-state index in [0.29, 0.717) is 0 Å². The highest BCUT2D eigenvalue weighted by atomic mass is 32.2. The van der Waals surface area contributed by atoms with Crippen LogP contribution in [0.2, 0.25) is 0 Å². The first-order chi connectivity index (χ1) is 10.2. The van der Waals surface area contributed by atoms with Gasteiger partial charge in [-0.2, -0.15) is 11.8 Å². The lowest BCUT2D eigenvalue weighted by molar-refractivity contribution is -0.134. The molecule has 0 unspecified atom stereocenters.